The standard InChI is InChI=1S/C29H31F3N6O4S/c30-10-16-43(39,40)36-20-1-2-21(23(18-20)37-11-6-28(4-5-28)7-12-37)26-34-35-27(42-26)22-17-19-3-15-41-24(19)25(33-22)38-13-8-29(31,32)9-14-38/h1-3,15,17-18,36H,4-14,16H2. The van der Waals surface area contributed by atoms with Crippen LogP contribution in [0.25, 0.3) is 34.0 Å². The normalized spacial score (nSPS) is 19.7. The zero-order valence-electron chi connectivity index (χ0n) is 23.4. The van der Waals surface area contributed by atoms with E-state index in [9.17, 15) is 21.6 Å². The third kappa shape index (κ3) is 5.64. The van der Waals surface area contributed by atoms with Crippen molar-refractivity contribution in [2.75, 3.05) is 53.1 Å². The van der Waals surface area contributed by atoms with E-state index in [-0.39, 0.29) is 37.7 Å². The lowest BCUT2D eigenvalue weighted by molar-refractivity contribution is -0.0221. The maximum absolute atomic E-state index is 13.8. The monoisotopic (exact) mass is 616 g/mol. The van der Waals surface area contributed by atoms with Crippen LogP contribution in [0.3, 0.4) is 0 Å². The van der Waals surface area contributed by atoms with E-state index in [2.05, 4.69) is 19.8 Å². The van der Waals surface area contributed by atoms with Crippen LogP contribution >= 0.6 is 0 Å². The second kappa shape index (κ2) is 10.4. The molecule has 5 heterocycles. The summed E-state index contributed by atoms with van der Waals surface area (Å²) < 4.78 is 79.3. The number of hydrogen-bond donors (Lipinski definition) is 1. The number of benzene rings is 1. The summed E-state index contributed by atoms with van der Waals surface area (Å²) in [5, 5.41) is 9.31. The fourth-order valence-corrected chi connectivity index (χ4v) is 6.82. The summed E-state index contributed by atoms with van der Waals surface area (Å²) >= 11 is 0. The Morgan fingerprint density at radius 2 is 1.63 bits per heavy atom. The molecule has 2 aliphatic heterocycles. The van der Waals surface area contributed by atoms with Crippen LogP contribution in [0.5, 0.6) is 0 Å². The smallest absolute Gasteiger partial charge is 0.266 e. The Balaban J connectivity index is 1.23. The molecule has 14 heteroatoms. The van der Waals surface area contributed by atoms with Crippen molar-refractivity contribution >= 4 is 38.2 Å². The van der Waals surface area contributed by atoms with Gasteiger partial charge in [0, 0.05) is 44.4 Å². The van der Waals surface area contributed by atoms with E-state index in [1.807, 2.05) is 0 Å². The van der Waals surface area contributed by atoms with Gasteiger partial charge in [0.15, 0.2) is 11.4 Å². The Labute approximate surface area is 246 Å². The summed E-state index contributed by atoms with van der Waals surface area (Å²) in [5.41, 5.74) is 2.99. The lowest BCUT2D eigenvalue weighted by atomic mass is 9.93. The van der Waals surface area contributed by atoms with E-state index in [1.165, 1.54) is 19.1 Å². The first kappa shape index (κ1) is 28.0. The molecular formula is C29H31F3N6O4S. The van der Waals surface area contributed by atoms with Crippen molar-refractivity contribution < 1.29 is 30.4 Å². The first-order chi connectivity index (χ1) is 20.6. The van der Waals surface area contributed by atoms with Gasteiger partial charge in [-0.25, -0.2) is 26.6 Å². The highest BCUT2D eigenvalue weighted by Crippen LogP contribution is 2.54. The minimum Gasteiger partial charge on any atom is -0.460 e. The fourth-order valence-electron chi connectivity index (χ4n) is 6.03. The molecule has 0 unspecified atom stereocenters. The summed E-state index contributed by atoms with van der Waals surface area (Å²) in [6.07, 6.45) is 5.54. The molecule has 1 aliphatic carbocycles. The van der Waals surface area contributed by atoms with E-state index in [4.69, 9.17) is 13.8 Å². The second-order valence-electron chi connectivity index (χ2n) is 11.8. The van der Waals surface area contributed by atoms with Crippen LogP contribution in [0.2, 0.25) is 0 Å². The molecule has 0 radical (unpaired) electrons. The van der Waals surface area contributed by atoms with Crippen LogP contribution in [0.1, 0.15) is 38.5 Å². The molecule has 0 amide bonds. The molecule has 1 saturated carbocycles. The Hall–Kier alpha value is -3.81. The van der Waals surface area contributed by atoms with Crippen LogP contribution < -0.4 is 14.5 Å². The first-order valence-electron chi connectivity index (χ1n) is 14.4. The lowest BCUT2D eigenvalue weighted by Crippen LogP contribution is -2.39. The van der Waals surface area contributed by atoms with Gasteiger partial charge in [-0.15, -0.1) is 10.2 Å². The maximum Gasteiger partial charge on any atom is 0.266 e. The number of rotatable bonds is 8. The maximum atomic E-state index is 13.8. The molecule has 228 valence electrons. The van der Waals surface area contributed by atoms with Gasteiger partial charge in [0.05, 0.1) is 29.0 Å². The number of alkyl halides is 3. The molecule has 1 aromatic carbocycles. The lowest BCUT2D eigenvalue weighted by Gasteiger charge is -2.35. The summed E-state index contributed by atoms with van der Waals surface area (Å²) in [7, 11) is -3.84. The molecule has 2 saturated heterocycles. The topological polar surface area (TPSA) is 118 Å². The molecule has 10 nitrogen and oxygen atoms in total. The predicted molar refractivity (Wildman–Crippen MR) is 156 cm³/mol. The molecule has 4 aromatic rings. The Morgan fingerprint density at radius 1 is 0.907 bits per heavy atom. The third-order valence-corrected chi connectivity index (χ3v) is 10.1. The minimum absolute atomic E-state index is 0.135. The van der Waals surface area contributed by atoms with Gasteiger partial charge in [0.2, 0.25) is 15.9 Å². The van der Waals surface area contributed by atoms with Gasteiger partial charge < -0.3 is 18.6 Å². The molecule has 1 spiro atoms. The van der Waals surface area contributed by atoms with Gasteiger partial charge in [-0.3, -0.25) is 4.72 Å². The van der Waals surface area contributed by atoms with Crippen LogP contribution in [0.4, 0.5) is 30.4 Å². The number of fused-ring (bicyclic) bond motifs is 1. The van der Waals surface area contributed by atoms with E-state index in [0.717, 1.165) is 37.0 Å². The zero-order valence-corrected chi connectivity index (χ0v) is 24.2. The number of halogens is 3. The Bertz CT molecular complexity index is 1750. The number of sulfonamides is 1. The van der Waals surface area contributed by atoms with Crippen LogP contribution in [0, 0.1) is 5.41 Å². The summed E-state index contributed by atoms with van der Waals surface area (Å²) in [5.74, 6) is -2.51. The molecule has 0 atom stereocenters. The van der Waals surface area contributed by atoms with Gasteiger partial charge in [-0.2, -0.15) is 0 Å². The van der Waals surface area contributed by atoms with Crippen LogP contribution in [-0.4, -0.2) is 68.1 Å². The van der Waals surface area contributed by atoms with E-state index < -0.39 is 28.4 Å². The van der Waals surface area contributed by atoms with Crippen molar-refractivity contribution in [3.8, 4) is 23.0 Å². The average Bonchev–Trinajstić information content (AvgIpc) is 3.34. The van der Waals surface area contributed by atoms with E-state index in [1.54, 1.807) is 35.2 Å². The van der Waals surface area contributed by atoms with Gasteiger partial charge in [0.25, 0.3) is 11.8 Å². The molecule has 3 fully saturated rings. The highest BCUT2D eigenvalue weighted by Gasteiger charge is 2.44. The van der Waals surface area contributed by atoms with E-state index >= 15 is 0 Å². The summed E-state index contributed by atoms with van der Waals surface area (Å²) in [4.78, 5) is 8.68. The van der Waals surface area contributed by atoms with Crippen LogP contribution in [-0.2, 0) is 10.0 Å². The fraction of sp³-hybridized carbons (Fsp3) is 0.483. The third-order valence-electron chi connectivity index (χ3n) is 8.83. The highest BCUT2D eigenvalue weighted by atomic mass is 32.2. The SMILES string of the molecule is O=S(=O)(CCF)Nc1ccc(-c2nnc(-c3cc4ccoc4c(N4CCC(F)(F)CC4)n3)o2)c(N2CCC3(CC2)CC3)c1. The van der Waals surface area contributed by atoms with E-state index in [0.29, 0.717) is 33.8 Å². The molecule has 43 heavy (non-hydrogen) atoms. The van der Waals surface area contributed by atoms with Crippen molar-refractivity contribution in [3.63, 3.8) is 0 Å². The molecule has 3 aromatic heterocycles. The number of furan rings is 1. The van der Waals surface area contributed by atoms with Crippen molar-refractivity contribution in [1.29, 1.82) is 0 Å². The first-order valence-corrected chi connectivity index (χ1v) is 16.1. The van der Waals surface area contributed by atoms with Gasteiger partial charge >= 0.3 is 0 Å². The van der Waals surface area contributed by atoms with Crippen molar-refractivity contribution in [2.45, 2.75) is 44.4 Å². The van der Waals surface area contributed by atoms with Gasteiger partial charge in [-0.1, -0.05) is 0 Å². The molecule has 3 aliphatic rings. The van der Waals surface area contributed by atoms with Crippen molar-refractivity contribution in [3.05, 3.63) is 36.6 Å². The molecular weight excluding hydrogens is 585 g/mol. The number of nitrogens with one attached hydrogen (secondary N) is 1. The summed E-state index contributed by atoms with van der Waals surface area (Å²) in [6, 6.07) is 8.55. The van der Waals surface area contributed by atoms with Crippen LogP contribution in [0.15, 0.2) is 45.4 Å². The Morgan fingerprint density at radius 3 is 2.35 bits per heavy atom. The van der Waals surface area contributed by atoms with Gasteiger partial charge in [0.1, 0.15) is 12.4 Å². The number of pyridine rings is 1. The molecule has 0 bridgehead atoms. The van der Waals surface area contributed by atoms with Crippen molar-refractivity contribution in [2.24, 2.45) is 5.41 Å². The Kier molecular flexibility index (Phi) is 6.78. The molecule has 1 N–H and O–H groups in total. The number of hydrogen-bond acceptors (Lipinski definition) is 9. The summed E-state index contributed by atoms with van der Waals surface area (Å²) in [6.45, 7) is 0.883. The number of piperidine rings is 2. The average molecular weight is 617 g/mol. The number of anilines is 3. The van der Waals surface area contributed by atoms with Gasteiger partial charge in [-0.05, 0) is 61.4 Å². The van der Waals surface area contributed by atoms with Crippen molar-refractivity contribution in [1.82, 2.24) is 15.2 Å². The number of nitrogens with zero attached hydrogens (tertiary/aromatic N) is 5. The molecule has 7 rings (SSSR count). The minimum atomic E-state index is -3.84. The highest BCUT2D eigenvalue weighted by molar-refractivity contribution is 7.92. The zero-order chi connectivity index (χ0) is 29.8. The quantitative estimate of drug-likeness (QED) is 0.259. The largest absolute Gasteiger partial charge is 0.460 e. The second-order valence-corrected chi connectivity index (χ2v) is 13.6. The predicted octanol–water partition coefficient (Wildman–Crippen LogP) is 5.87. The number of aromatic nitrogens is 3.